The Morgan fingerprint density at radius 3 is 2.29 bits per heavy atom. The van der Waals surface area contributed by atoms with Crippen LogP contribution in [0.1, 0.15) is 18.9 Å². The van der Waals surface area contributed by atoms with Crippen LogP contribution in [0, 0.1) is 35.5 Å². The highest BCUT2D eigenvalue weighted by Crippen LogP contribution is 2.65. The fourth-order valence-corrected chi connectivity index (χ4v) is 5.34. The number of nitrogens with zero attached hydrogens (tertiary/aromatic N) is 1. The molecule has 1 heterocycles. The summed E-state index contributed by atoms with van der Waals surface area (Å²) < 4.78 is 0. The Hall–Kier alpha value is -2.10. The Bertz CT molecular complexity index is 720. The summed E-state index contributed by atoms with van der Waals surface area (Å²) in [5, 5.41) is 3.31. The summed E-state index contributed by atoms with van der Waals surface area (Å²) in [6, 6.07) is 8.08. The number of likely N-dealkylation sites (tertiary alicyclic amines) is 1. The zero-order chi connectivity index (χ0) is 16.4. The van der Waals surface area contributed by atoms with Crippen LogP contribution in [0.25, 0.3) is 0 Å². The van der Waals surface area contributed by atoms with E-state index in [-0.39, 0.29) is 30.3 Å². The normalized spacial score (nSPS) is 38.3. The van der Waals surface area contributed by atoms with Gasteiger partial charge < -0.3 is 5.32 Å². The molecule has 1 aliphatic heterocycles. The lowest BCUT2D eigenvalue weighted by molar-refractivity contribution is -0.139. The molecule has 2 amide bonds. The molecule has 4 aliphatic carbocycles. The highest BCUT2D eigenvalue weighted by molar-refractivity contribution is 6.06. The topological polar surface area (TPSA) is 49.4 Å². The largest absolute Gasteiger partial charge is 0.367 e. The van der Waals surface area contributed by atoms with Crippen molar-refractivity contribution in [1.82, 2.24) is 4.90 Å². The van der Waals surface area contributed by atoms with Crippen molar-refractivity contribution >= 4 is 17.5 Å². The first-order chi connectivity index (χ1) is 11.7. The van der Waals surface area contributed by atoms with Crippen molar-refractivity contribution in [1.29, 1.82) is 0 Å². The lowest BCUT2D eigenvalue weighted by Gasteiger charge is -2.37. The minimum absolute atomic E-state index is 0.0381. The maximum atomic E-state index is 12.9. The fraction of sp³-hybridized carbons (Fsp3) is 0.500. The van der Waals surface area contributed by atoms with Crippen LogP contribution in [-0.2, 0) is 16.0 Å². The second kappa shape index (κ2) is 4.95. The van der Waals surface area contributed by atoms with E-state index >= 15 is 0 Å². The van der Waals surface area contributed by atoms with Crippen molar-refractivity contribution in [2.75, 3.05) is 12.0 Å². The third-order valence-corrected chi connectivity index (χ3v) is 6.58. The van der Waals surface area contributed by atoms with Crippen LogP contribution in [0.4, 0.5) is 5.69 Å². The van der Waals surface area contributed by atoms with Gasteiger partial charge in [0.25, 0.3) is 0 Å². The summed E-state index contributed by atoms with van der Waals surface area (Å²) in [5.41, 5.74) is 2.22. The number of aryl methyl sites for hydroxylation is 1. The minimum atomic E-state index is -0.0977. The van der Waals surface area contributed by atoms with Gasteiger partial charge in [0.15, 0.2) is 0 Å². The van der Waals surface area contributed by atoms with Gasteiger partial charge in [-0.3, -0.25) is 14.5 Å². The first-order valence-corrected chi connectivity index (χ1v) is 9.06. The van der Waals surface area contributed by atoms with E-state index in [9.17, 15) is 9.59 Å². The molecule has 6 rings (SSSR count). The molecule has 0 unspecified atom stereocenters. The Morgan fingerprint density at radius 2 is 1.67 bits per heavy atom. The van der Waals surface area contributed by atoms with Crippen LogP contribution in [0.3, 0.4) is 0 Å². The smallest absolute Gasteiger partial charge is 0.235 e. The molecule has 1 aromatic carbocycles. The average molecular weight is 322 g/mol. The number of carbonyl (C=O) groups excluding carboxylic acids is 2. The summed E-state index contributed by atoms with van der Waals surface area (Å²) in [6.07, 6.45) is 6.56. The van der Waals surface area contributed by atoms with Gasteiger partial charge in [0, 0.05) is 5.69 Å². The lowest BCUT2D eigenvalue weighted by atomic mass is 9.63. The molecule has 124 valence electrons. The van der Waals surface area contributed by atoms with Crippen LogP contribution in [-0.4, -0.2) is 23.4 Å². The zero-order valence-electron chi connectivity index (χ0n) is 13.8. The van der Waals surface area contributed by atoms with Crippen LogP contribution in [0.15, 0.2) is 36.4 Å². The van der Waals surface area contributed by atoms with E-state index in [0.717, 1.165) is 12.1 Å². The van der Waals surface area contributed by atoms with Crippen molar-refractivity contribution in [2.45, 2.75) is 19.8 Å². The van der Waals surface area contributed by atoms with Crippen LogP contribution >= 0.6 is 0 Å². The highest BCUT2D eigenvalue weighted by atomic mass is 16.2. The molecular weight excluding hydrogens is 300 g/mol. The van der Waals surface area contributed by atoms with Gasteiger partial charge in [-0.2, -0.15) is 0 Å². The number of imide groups is 1. The third kappa shape index (κ3) is 1.80. The molecule has 24 heavy (non-hydrogen) atoms. The number of benzene rings is 1. The quantitative estimate of drug-likeness (QED) is 0.685. The van der Waals surface area contributed by atoms with Crippen molar-refractivity contribution in [3.63, 3.8) is 0 Å². The minimum Gasteiger partial charge on any atom is -0.367 e. The van der Waals surface area contributed by atoms with Crippen LogP contribution < -0.4 is 5.32 Å². The Morgan fingerprint density at radius 1 is 1.04 bits per heavy atom. The fourth-order valence-electron chi connectivity index (χ4n) is 5.34. The first kappa shape index (κ1) is 14.3. The molecule has 6 atom stereocenters. The highest BCUT2D eigenvalue weighted by Gasteiger charge is 2.66. The average Bonchev–Trinajstić information content (AvgIpc) is 3.39. The number of hydrogen-bond donors (Lipinski definition) is 1. The van der Waals surface area contributed by atoms with E-state index in [1.165, 1.54) is 16.9 Å². The predicted octanol–water partition coefficient (Wildman–Crippen LogP) is 2.67. The molecule has 0 radical (unpaired) electrons. The van der Waals surface area contributed by atoms with Crippen molar-refractivity contribution in [2.24, 2.45) is 35.5 Å². The van der Waals surface area contributed by atoms with Gasteiger partial charge >= 0.3 is 0 Å². The molecule has 4 nitrogen and oxygen atoms in total. The second-order valence-corrected chi connectivity index (χ2v) is 7.60. The number of amides is 2. The SMILES string of the molecule is CCc1ccccc1NCN1C(=O)[C@@H]2[C@H]3C=C[C@@H]([C@@H]4C[C@@H]34)[C@H]2C1=O. The number of hydrogen-bond acceptors (Lipinski definition) is 3. The number of allylic oxidation sites excluding steroid dienone is 2. The lowest BCUT2D eigenvalue weighted by Crippen LogP contribution is -2.40. The van der Waals surface area contributed by atoms with E-state index < -0.39 is 0 Å². The molecule has 1 aromatic rings. The van der Waals surface area contributed by atoms with Gasteiger partial charge in [-0.15, -0.1) is 0 Å². The molecule has 1 N–H and O–H groups in total. The van der Waals surface area contributed by atoms with Gasteiger partial charge in [-0.1, -0.05) is 37.3 Å². The van der Waals surface area contributed by atoms with Crippen molar-refractivity contribution in [3.8, 4) is 0 Å². The van der Waals surface area contributed by atoms with E-state index in [2.05, 4.69) is 30.5 Å². The molecule has 4 heteroatoms. The predicted molar refractivity (Wildman–Crippen MR) is 90.9 cm³/mol. The van der Waals surface area contributed by atoms with Crippen molar-refractivity contribution < 1.29 is 9.59 Å². The van der Waals surface area contributed by atoms with E-state index in [1.807, 2.05) is 18.2 Å². The Balaban J connectivity index is 1.37. The molecule has 5 aliphatic rings. The van der Waals surface area contributed by atoms with E-state index in [1.54, 1.807) is 0 Å². The van der Waals surface area contributed by atoms with Crippen LogP contribution in [0.2, 0.25) is 0 Å². The van der Waals surface area contributed by atoms with Crippen LogP contribution in [0.5, 0.6) is 0 Å². The number of nitrogens with one attached hydrogen (secondary N) is 1. The molecule has 1 saturated heterocycles. The van der Waals surface area contributed by atoms with Gasteiger partial charge in [-0.05, 0) is 48.1 Å². The van der Waals surface area contributed by atoms with E-state index in [4.69, 9.17) is 0 Å². The summed E-state index contributed by atoms with van der Waals surface area (Å²) in [7, 11) is 0. The molecule has 0 spiro atoms. The number of carbonyl (C=O) groups is 2. The van der Waals surface area contributed by atoms with Gasteiger partial charge in [-0.25, -0.2) is 0 Å². The molecule has 2 bridgehead atoms. The number of anilines is 1. The number of rotatable bonds is 4. The maximum Gasteiger partial charge on any atom is 0.235 e. The first-order valence-electron chi connectivity index (χ1n) is 9.06. The molecule has 0 aromatic heterocycles. The zero-order valence-corrected chi connectivity index (χ0v) is 13.8. The molecule has 3 fully saturated rings. The molecule has 2 saturated carbocycles. The maximum absolute atomic E-state index is 12.9. The van der Waals surface area contributed by atoms with E-state index in [0.29, 0.717) is 23.7 Å². The Labute approximate surface area is 141 Å². The summed E-state index contributed by atoms with van der Waals surface area (Å²) >= 11 is 0. The van der Waals surface area contributed by atoms with Gasteiger partial charge in [0.2, 0.25) is 11.8 Å². The summed E-state index contributed by atoms with van der Waals surface area (Å²) in [5.74, 6) is 1.80. The number of para-hydroxylation sites is 1. The van der Waals surface area contributed by atoms with Crippen molar-refractivity contribution in [3.05, 3.63) is 42.0 Å². The summed E-state index contributed by atoms with van der Waals surface area (Å²) in [4.78, 5) is 27.3. The molecular formula is C20H22N2O2. The second-order valence-electron chi connectivity index (χ2n) is 7.60. The van der Waals surface area contributed by atoms with Gasteiger partial charge in [0.05, 0.1) is 18.5 Å². The van der Waals surface area contributed by atoms with Gasteiger partial charge in [0.1, 0.15) is 0 Å². The monoisotopic (exact) mass is 322 g/mol. The Kier molecular flexibility index (Phi) is 2.94. The summed E-state index contributed by atoms with van der Waals surface area (Å²) in [6.45, 7) is 2.40. The standard InChI is InChI=1S/C20H22N2O2/c1-2-11-5-3-4-6-16(11)21-10-22-19(23)17-12-7-8-13(15-9-14(12)15)18(17)20(22)24/h3-8,12-15,17-18,21H,2,9-10H2,1H3/t12-,13-,14-,15-,17+,18+/m0/s1. The third-order valence-electron chi connectivity index (χ3n) is 6.58.